The quantitative estimate of drug-likeness (QED) is 0.561. The van der Waals surface area contributed by atoms with Gasteiger partial charge < -0.3 is 9.53 Å². The number of aldehydes is 1. The summed E-state index contributed by atoms with van der Waals surface area (Å²) in [6, 6.07) is 5.99. The van der Waals surface area contributed by atoms with Crippen molar-refractivity contribution in [3.63, 3.8) is 0 Å². The van der Waals surface area contributed by atoms with E-state index >= 15 is 0 Å². The van der Waals surface area contributed by atoms with Gasteiger partial charge in [0.25, 0.3) is 0 Å². The zero-order valence-corrected chi connectivity index (χ0v) is 10.1. The van der Waals surface area contributed by atoms with Crippen molar-refractivity contribution < 1.29 is 9.53 Å². The Morgan fingerprint density at radius 2 is 2.12 bits per heavy atom. The van der Waals surface area contributed by atoms with Crippen molar-refractivity contribution in [2.45, 2.75) is 25.7 Å². The fraction of sp³-hybridized carbons (Fsp3) is 0.357. The molecule has 0 amide bonds. The van der Waals surface area contributed by atoms with Crippen molar-refractivity contribution in [3.05, 3.63) is 42.0 Å². The molecule has 1 aromatic carbocycles. The summed E-state index contributed by atoms with van der Waals surface area (Å²) in [7, 11) is 1.64. The molecule has 2 nitrogen and oxygen atoms in total. The Hall–Kier alpha value is -1.57. The standard InChI is InChI=1S/C14H18O2/c1-5-14(3,6-7-15)12-8-11(2)9-13(10-12)16-4/h5,7-10H,1,6H2,2-4H3. The lowest BCUT2D eigenvalue weighted by Gasteiger charge is -2.24. The molecule has 0 aliphatic heterocycles. The van der Waals surface area contributed by atoms with Gasteiger partial charge in [-0.3, -0.25) is 0 Å². The van der Waals surface area contributed by atoms with Crippen molar-refractivity contribution in [1.29, 1.82) is 0 Å². The first-order valence-electron chi connectivity index (χ1n) is 5.29. The van der Waals surface area contributed by atoms with Crippen LogP contribution in [0.15, 0.2) is 30.9 Å². The summed E-state index contributed by atoms with van der Waals surface area (Å²) in [5.41, 5.74) is 1.86. The smallest absolute Gasteiger partial charge is 0.121 e. The van der Waals surface area contributed by atoms with Gasteiger partial charge in [0.05, 0.1) is 7.11 Å². The average Bonchev–Trinajstić information content (AvgIpc) is 2.28. The van der Waals surface area contributed by atoms with E-state index < -0.39 is 0 Å². The Morgan fingerprint density at radius 1 is 1.44 bits per heavy atom. The lowest BCUT2D eigenvalue weighted by atomic mass is 9.79. The third-order valence-corrected chi connectivity index (χ3v) is 2.90. The van der Waals surface area contributed by atoms with Crippen molar-refractivity contribution in [2.24, 2.45) is 0 Å². The van der Waals surface area contributed by atoms with E-state index in [1.807, 2.05) is 32.1 Å². The summed E-state index contributed by atoms with van der Waals surface area (Å²) >= 11 is 0. The number of rotatable bonds is 5. The highest BCUT2D eigenvalue weighted by molar-refractivity contribution is 5.55. The molecule has 0 N–H and O–H groups in total. The Balaban J connectivity index is 3.23. The van der Waals surface area contributed by atoms with Crippen LogP contribution in [0.2, 0.25) is 0 Å². The van der Waals surface area contributed by atoms with Gasteiger partial charge in [-0.05, 0) is 30.2 Å². The van der Waals surface area contributed by atoms with E-state index in [1.165, 1.54) is 0 Å². The van der Waals surface area contributed by atoms with E-state index in [-0.39, 0.29) is 5.41 Å². The van der Waals surface area contributed by atoms with Gasteiger partial charge in [0, 0.05) is 11.8 Å². The van der Waals surface area contributed by atoms with Crippen LogP contribution in [0.1, 0.15) is 24.5 Å². The largest absolute Gasteiger partial charge is 0.497 e. The Bertz CT molecular complexity index is 396. The number of methoxy groups -OCH3 is 1. The molecule has 2 heteroatoms. The Labute approximate surface area is 96.9 Å². The summed E-state index contributed by atoms with van der Waals surface area (Å²) in [6.45, 7) is 7.83. The maximum absolute atomic E-state index is 10.7. The minimum absolute atomic E-state index is 0.318. The van der Waals surface area contributed by atoms with E-state index in [1.54, 1.807) is 7.11 Å². The lowest BCUT2D eigenvalue weighted by Crippen LogP contribution is -2.19. The molecule has 16 heavy (non-hydrogen) atoms. The number of allylic oxidation sites excluding steroid dienone is 1. The van der Waals surface area contributed by atoms with Crippen molar-refractivity contribution in [1.82, 2.24) is 0 Å². The van der Waals surface area contributed by atoms with E-state index in [2.05, 4.69) is 12.6 Å². The Kier molecular flexibility index (Phi) is 3.88. The topological polar surface area (TPSA) is 26.3 Å². The molecule has 1 atom stereocenters. The second kappa shape index (κ2) is 4.97. The summed E-state index contributed by atoms with van der Waals surface area (Å²) in [6.07, 6.45) is 3.18. The summed E-state index contributed by atoms with van der Waals surface area (Å²) in [5, 5.41) is 0. The number of ether oxygens (including phenoxy) is 1. The van der Waals surface area contributed by atoms with Gasteiger partial charge in [0.1, 0.15) is 12.0 Å². The van der Waals surface area contributed by atoms with Gasteiger partial charge in [0.2, 0.25) is 0 Å². The highest BCUT2D eigenvalue weighted by atomic mass is 16.5. The van der Waals surface area contributed by atoms with Crippen LogP contribution >= 0.6 is 0 Å². The van der Waals surface area contributed by atoms with E-state index in [0.29, 0.717) is 6.42 Å². The maximum Gasteiger partial charge on any atom is 0.121 e. The monoisotopic (exact) mass is 218 g/mol. The third kappa shape index (κ3) is 2.51. The number of hydrogen-bond donors (Lipinski definition) is 0. The van der Waals surface area contributed by atoms with Crippen LogP contribution in [-0.2, 0) is 10.2 Å². The van der Waals surface area contributed by atoms with Crippen LogP contribution in [0.5, 0.6) is 5.75 Å². The van der Waals surface area contributed by atoms with Crippen LogP contribution < -0.4 is 4.74 Å². The van der Waals surface area contributed by atoms with Crippen molar-refractivity contribution in [2.75, 3.05) is 7.11 Å². The van der Waals surface area contributed by atoms with E-state index in [9.17, 15) is 4.79 Å². The molecule has 0 radical (unpaired) electrons. The highest BCUT2D eigenvalue weighted by Gasteiger charge is 2.23. The van der Waals surface area contributed by atoms with Crippen LogP contribution in [0.25, 0.3) is 0 Å². The van der Waals surface area contributed by atoms with Crippen LogP contribution in [0.4, 0.5) is 0 Å². The molecule has 86 valence electrons. The number of aryl methyl sites for hydroxylation is 1. The summed E-state index contributed by atoms with van der Waals surface area (Å²) < 4.78 is 5.23. The van der Waals surface area contributed by atoms with Gasteiger partial charge in [-0.2, -0.15) is 0 Å². The molecular weight excluding hydrogens is 200 g/mol. The zero-order chi connectivity index (χ0) is 12.2. The molecule has 0 spiro atoms. The molecule has 1 aromatic rings. The minimum Gasteiger partial charge on any atom is -0.497 e. The molecule has 0 saturated heterocycles. The molecule has 1 unspecified atom stereocenters. The highest BCUT2D eigenvalue weighted by Crippen LogP contribution is 2.31. The van der Waals surface area contributed by atoms with Crippen molar-refractivity contribution in [3.8, 4) is 5.75 Å². The second-order valence-corrected chi connectivity index (χ2v) is 4.23. The SMILES string of the molecule is C=CC(C)(CC=O)c1cc(C)cc(OC)c1. The maximum atomic E-state index is 10.7. The lowest BCUT2D eigenvalue weighted by molar-refractivity contribution is -0.108. The number of benzene rings is 1. The first-order valence-corrected chi connectivity index (χ1v) is 5.29. The van der Waals surface area contributed by atoms with Gasteiger partial charge in [0.15, 0.2) is 0 Å². The van der Waals surface area contributed by atoms with Crippen LogP contribution in [0.3, 0.4) is 0 Å². The van der Waals surface area contributed by atoms with E-state index in [0.717, 1.165) is 23.2 Å². The predicted octanol–water partition coefficient (Wildman–Crippen LogP) is 3.04. The summed E-state index contributed by atoms with van der Waals surface area (Å²) in [5.74, 6) is 0.814. The van der Waals surface area contributed by atoms with Crippen molar-refractivity contribution >= 4 is 6.29 Å². The molecule has 0 aromatic heterocycles. The number of carbonyl (C=O) groups excluding carboxylic acids is 1. The third-order valence-electron chi connectivity index (χ3n) is 2.90. The van der Waals surface area contributed by atoms with Gasteiger partial charge in [-0.1, -0.05) is 19.1 Å². The first-order chi connectivity index (χ1) is 7.55. The second-order valence-electron chi connectivity index (χ2n) is 4.23. The van der Waals surface area contributed by atoms with Gasteiger partial charge in [-0.25, -0.2) is 0 Å². The molecule has 0 aliphatic rings. The summed E-state index contributed by atoms with van der Waals surface area (Å²) in [4.78, 5) is 10.7. The van der Waals surface area contributed by atoms with E-state index in [4.69, 9.17) is 4.74 Å². The molecule has 0 aliphatic carbocycles. The molecule has 0 heterocycles. The molecule has 0 saturated carbocycles. The molecule has 1 rings (SSSR count). The number of hydrogen-bond acceptors (Lipinski definition) is 2. The molecular formula is C14H18O2. The number of carbonyl (C=O) groups is 1. The fourth-order valence-corrected chi connectivity index (χ4v) is 1.69. The van der Waals surface area contributed by atoms with Crippen LogP contribution in [0, 0.1) is 6.92 Å². The molecule has 0 bridgehead atoms. The Morgan fingerprint density at radius 3 is 2.62 bits per heavy atom. The predicted molar refractivity (Wildman–Crippen MR) is 66.0 cm³/mol. The van der Waals surface area contributed by atoms with Crippen LogP contribution in [-0.4, -0.2) is 13.4 Å². The van der Waals surface area contributed by atoms with Gasteiger partial charge >= 0.3 is 0 Å². The first kappa shape index (κ1) is 12.5. The average molecular weight is 218 g/mol. The molecule has 0 fully saturated rings. The zero-order valence-electron chi connectivity index (χ0n) is 10.1. The minimum atomic E-state index is -0.318. The van der Waals surface area contributed by atoms with Gasteiger partial charge in [-0.15, -0.1) is 6.58 Å². The fourth-order valence-electron chi connectivity index (χ4n) is 1.69. The normalized spacial score (nSPS) is 13.9.